The molecule has 8 nitrogen and oxygen atoms in total. The smallest absolute Gasteiger partial charge is 0.261 e. The van der Waals surface area contributed by atoms with E-state index in [1.807, 2.05) is 47.1 Å². The fraction of sp³-hybridized carbons (Fsp3) is 0.0909. The number of hydrogen-bond acceptors (Lipinski definition) is 5. The van der Waals surface area contributed by atoms with Crippen LogP contribution in [0, 0.1) is 6.92 Å². The molecule has 158 valence electrons. The Morgan fingerprint density at radius 2 is 1.94 bits per heavy atom. The molecule has 0 unspecified atom stereocenters. The highest BCUT2D eigenvalue weighted by Crippen LogP contribution is 2.28. The monoisotopic (exact) mass is 436 g/mol. The van der Waals surface area contributed by atoms with Crippen molar-refractivity contribution >= 4 is 27.3 Å². The molecule has 4 aromatic rings. The van der Waals surface area contributed by atoms with E-state index in [-0.39, 0.29) is 16.2 Å². The van der Waals surface area contributed by atoms with Crippen LogP contribution in [0.5, 0.6) is 5.75 Å². The Morgan fingerprint density at radius 3 is 2.65 bits per heavy atom. The summed E-state index contributed by atoms with van der Waals surface area (Å²) in [5.41, 5.74) is 8.75. The van der Waals surface area contributed by atoms with Crippen LogP contribution >= 0.6 is 0 Å². The number of carbonyl (C=O) groups is 1. The predicted molar refractivity (Wildman–Crippen MR) is 118 cm³/mol. The molecule has 0 radical (unpaired) electrons. The molecule has 0 bridgehead atoms. The molecule has 3 N–H and O–H groups in total. The molecular formula is C22H20N4O4S. The van der Waals surface area contributed by atoms with Crippen LogP contribution in [0.25, 0.3) is 16.9 Å². The number of amides is 1. The number of sulfonamides is 1. The third kappa shape index (κ3) is 3.95. The first-order chi connectivity index (χ1) is 14.8. The van der Waals surface area contributed by atoms with E-state index in [2.05, 4.69) is 9.71 Å². The van der Waals surface area contributed by atoms with Crippen molar-refractivity contribution in [2.24, 2.45) is 5.73 Å². The van der Waals surface area contributed by atoms with Crippen LogP contribution in [-0.2, 0) is 10.0 Å². The lowest BCUT2D eigenvalue weighted by Crippen LogP contribution is -2.17. The van der Waals surface area contributed by atoms with E-state index in [4.69, 9.17) is 10.5 Å². The number of imidazole rings is 1. The second-order valence-electron chi connectivity index (χ2n) is 6.95. The largest absolute Gasteiger partial charge is 0.496 e. The van der Waals surface area contributed by atoms with Crippen LogP contribution in [0.2, 0.25) is 0 Å². The first-order valence-corrected chi connectivity index (χ1v) is 10.8. The highest BCUT2D eigenvalue weighted by atomic mass is 32.2. The summed E-state index contributed by atoms with van der Waals surface area (Å²) in [6.45, 7) is 1.80. The average molecular weight is 436 g/mol. The lowest BCUT2D eigenvalue weighted by atomic mass is 10.1. The number of hydrogen-bond donors (Lipinski definition) is 2. The van der Waals surface area contributed by atoms with Crippen LogP contribution in [0.4, 0.5) is 5.69 Å². The Kier molecular flexibility index (Phi) is 5.12. The molecule has 0 saturated heterocycles. The van der Waals surface area contributed by atoms with E-state index in [0.717, 1.165) is 16.8 Å². The van der Waals surface area contributed by atoms with Crippen molar-refractivity contribution in [3.8, 4) is 17.0 Å². The summed E-state index contributed by atoms with van der Waals surface area (Å²) in [7, 11) is -2.60. The van der Waals surface area contributed by atoms with E-state index in [0.29, 0.717) is 11.4 Å². The molecule has 0 spiro atoms. The lowest BCUT2D eigenvalue weighted by Gasteiger charge is -2.13. The van der Waals surface area contributed by atoms with Gasteiger partial charge in [0.05, 0.1) is 29.0 Å². The van der Waals surface area contributed by atoms with Gasteiger partial charge in [-0.15, -0.1) is 0 Å². The van der Waals surface area contributed by atoms with Gasteiger partial charge in [0.15, 0.2) is 0 Å². The quantitative estimate of drug-likeness (QED) is 0.481. The summed E-state index contributed by atoms with van der Waals surface area (Å²) >= 11 is 0. The topological polar surface area (TPSA) is 116 Å². The van der Waals surface area contributed by atoms with Crippen molar-refractivity contribution in [1.29, 1.82) is 0 Å². The minimum Gasteiger partial charge on any atom is -0.496 e. The van der Waals surface area contributed by atoms with Gasteiger partial charge in [-0.1, -0.05) is 18.2 Å². The lowest BCUT2D eigenvalue weighted by molar-refractivity contribution is 0.0997. The van der Waals surface area contributed by atoms with Gasteiger partial charge in [-0.2, -0.15) is 0 Å². The molecule has 0 aliphatic heterocycles. The molecule has 2 aromatic heterocycles. The van der Waals surface area contributed by atoms with E-state index in [9.17, 15) is 13.2 Å². The number of nitrogens with two attached hydrogens (primary N) is 1. The number of methoxy groups -OCH3 is 1. The normalized spacial score (nSPS) is 11.4. The molecule has 0 aliphatic carbocycles. The molecule has 31 heavy (non-hydrogen) atoms. The van der Waals surface area contributed by atoms with E-state index in [1.54, 1.807) is 13.0 Å². The van der Waals surface area contributed by atoms with Gasteiger partial charge in [0, 0.05) is 18.0 Å². The van der Waals surface area contributed by atoms with Crippen molar-refractivity contribution < 1.29 is 17.9 Å². The number of carbonyl (C=O) groups excluding carboxylic acids is 1. The first-order valence-electron chi connectivity index (χ1n) is 9.34. The molecule has 4 rings (SSSR count). The van der Waals surface area contributed by atoms with Gasteiger partial charge < -0.3 is 14.9 Å². The van der Waals surface area contributed by atoms with Crippen molar-refractivity contribution in [2.45, 2.75) is 11.8 Å². The maximum atomic E-state index is 13.0. The van der Waals surface area contributed by atoms with Crippen LogP contribution in [0.1, 0.15) is 15.9 Å². The van der Waals surface area contributed by atoms with E-state index in [1.165, 1.54) is 25.3 Å². The van der Waals surface area contributed by atoms with Crippen LogP contribution in [0.15, 0.2) is 71.9 Å². The van der Waals surface area contributed by atoms with Crippen molar-refractivity contribution in [1.82, 2.24) is 9.38 Å². The van der Waals surface area contributed by atoms with Crippen molar-refractivity contribution in [3.05, 3.63) is 78.1 Å². The zero-order valence-electron chi connectivity index (χ0n) is 16.9. The Bertz CT molecular complexity index is 1380. The number of nitrogens with one attached hydrogen (secondary N) is 1. The van der Waals surface area contributed by atoms with Gasteiger partial charge in [-0.05, 0) is 48.9 Å². The Balaban J connectivity index is 1.71. The fourth-order valence-electron chi connectivity index (χ4n) is 3.22. The molecule has 0 atom stereocenters. The van der Waals surface area contributed by atoms with Crippen LogP contribution < -0.4 is 15.2 Å². The molecule has 2 heterocycles. The fourth-order valence-corrected chi connectivity index (χ4v) is 4.36. The van der Waals surface area contributed by atoms with Crippen LogP contribution in [0.3, 0.4) is 0 Å². The van der Waals surface area contributed by atoms with Gasteiger partial charge in [0.1, 0.15) is 11.4 Å². The zero-order chi connectivity index (χ0) is 22.2. The van der Waals surface area contributed by atoms with Gasteiger partial charge in [0.25, 0.3) is 15.9 Å². The minimum absolute atomic E-state index is 0.0134. The second-order valence-corrected chi connectivity index (χ2v) is 8.64. The summed E-state index contributed by atoms with van der Waals surface area (Å²) in [6, 6.07) is 15.1. The number of anilines is 1. The van der Waals surface area contributed by atoms with Gasteiger partial charge >= 0.3 is 0 Å². The molecule has 0 fully saturated rings. The third-order valence-corrected chi connectivity index (χ3v) is 6.25. The number of benzene rings is 2. The number of nitrogens with zero attached hydrogens (tertiary/aromatic N) is 2. The molecule has 0 saturated carbocycles. The van der Waals surface area contributed by atoms with Gasteiger partial charge in [-0.25, -0.2) is 13.4 Å². The standard InChI is InChI=1S/C22H20N4O4S/c1-14-6-7-15(19-13-26-10-4-3-5-21(26)24-19)11-18(14)25-31(28,29)16-8-9-20(30-2)17(12-16)22(23)27/h3-13,25H,1-2H3,(H2,23,27). The second kappa shape index (κ2) is 7.77. The third-order valence-electron chi connectivity index (χ3n) is 4.89. The highest BCUT2D eigenvalue weighted by molar-refractivity contribution is 7.92. The minimum atomic E-state index is -3.98. The maximum Gasteiger partial charge on any atom is 0.261 e. The van der Waals surface area contributed by atoms with E-state index < -0.39 is 15.9 Å². The van der Waals surface area contributed by atoms with E-state index >= 15 is 0 Å². The Hall–Kier alpha value is -3.85. The number of aromatic nitrogens is 2. The number of ether oxygens (including phenoxy) is 1. The highest BCUT2D eigenvalue weighted by Gasteiger charge is 2.20. The molecule has 2 aromatic carbocycles. The van der Waals surface area contributed by atoms with Crippen molar-refractivity contribution in [3.63, 3.8) is 0 Å². The maximum absolute atomic E-state index is 13.0. The Labute approximate surface area is 179 Å². The van der Waals surface area contributed by atoms with Gasteiger partial charge in [0.2, 0.25) is 0 Å². The predicted octanol–water partition coefficient (Wildman–Crippen LogP) is 3.22. The van der Waals surface area contributed by atoms with Gasteiger partial charge in [-0.3, -0.25) is 9.52 Å². The summed E-state index contributed by atoms with van der Waals surface area (Å²) in [4.78, 5) is 16.1. The number of fused-ring (bicyclic) bond motifs is 1. The summed E-state index contributed by atoms with van der Waals surface area (Å²) in [5.74, 6) is -0.574. The first kappa shape index (κ1) is 20.4. The molecule has 1 amide bonds. The van der Waals surface area contributed by atoms with Crippen LogP contribution in [-0.4, -0.2) is 30.8 Å². The number of aryl methyl sites for hydroxylation is 1. The Morgan fingerprint density at radius 1 is 1.13 bits per heavy atom. The number of pyridine rings is 1. The molecule has 0 aliphatic rings. The van der Waals surface area contributed by atoms with Crippen molar-refractivity contribution in [2.75, 3.05) is 11.8 Å². The summed E-state index contributed by atoms with van der Waals surface area (Å²) < 4.78 is 35.5. The summed E-state index contributed by atoms with van der Waals surface area (Å²) in [6.07, 6.45) is 3.77. The zero-order valence-corrected chi connectivity index (χ0v) is 17.7. The SMILES string of the molecule is COc1ccc(S(=O)(=O)Nc2cc(-c3cn4ccccc4n3)ccc2C)cc1C(N)=O. The number of rotatable bonds is 6. The molecule has 9 heteroatoms. The molecular weight excluding hydrogens is 416 g/mol. The average Bonchev–Trinajstić information content (AvgIpc) is 3.19. The number of primary amides is 1. The summed E-state index contributed by atoms with van der Waals surface area (Å²) in [5, 5.41) is 0.